The van der Waals surface area contributed by atoms with Gasteiger partial charge in [-0.2, -0.15) is 4.98 Å². The molecule has 0 spiro atoms. The van der Waals surface area contributed by atoms with Crippen molar-refractivity contribution in [3.05, 3.63) is 60.7 Å². The Bertz CT molecular complexity index is 989. The van der Waals surface area contributed by atoms with Crippen LogP contribution in [0.3, 0.4) is 0 Å². The Morgan fingerprint density at radius 3 is 2.33 bits per heavy atom. The molecule has 4 rings (SSSR count). The van der Waals surface area contributed by atoms with E-state index in [1.54, 1.807) is 12.1 Å². The first-order chi connectivity index (χ1) is 14.5. The average molecular weight is 414 g/mol. The highest BCUT2D eigenvalue weighted by Gasteiger charge is 2.32. The molecular weight excluding hydrogens is 393 g/mol. The van der Waals surface area contributed by atoms with E-state index in [1.807, 2.05) is 30.3 Å². The summed E-state index contributed by atoms with van der Waals surface area (Å²) in [6.45, 7) is 0. The average Bonchev–Trinajstić information content (AvgIpc) is 3.22. The lowest BCUT2D eigenvalue weighted by Crippen LogP contribution is -2.18. The highest BCUT2D eigenvalue weighted by Crippen LogP contribution is 2.33. The van der Waals surface area contributed by atoms with Crippen molar-refractivity contribution >= 4 is 17.5 Å². The van der Waals surface area contributed by atoms with Crippen molar-refractivity contribution in [3.63, 3.8) is 0 Å². The van der Waals surface area contributed by atoms with Crippen molar-refractivity contribution in [1.82, 2.24) is 9.97 Å². The molecule has 1 aliphatic rings. The fourth-order valence-corrected chi connectivity index (χ4v) is 3.51. The van der Waals surface area contributed by atoms with Crippen LogP contribution in [-0.4, -0.2) is 22.4 Å². The predicted octanol–water partition coefficient (Wildman–Crippen LogP) is 6.14. The van der Waals surface area contributed by atoms with E-state index in [4.69, 9.17) is 0 Å². The van der Waals surface area contributed by atoms with Crippen LogP contribution in [0.4, 0.5) is 30.6 Å². The summed E-state index contributed by atoms with van der Waals surface area (Å²) in [6.07, 6.45) is -0.381. The molecule has 2 aromatic carbocycles. The summed E-state index contributed by atoms with van der Waals surface area (Å²) in [5.74, 6) is 0.498. The fraction of sp³-hybridized carbons (Fsp3) is 0.273. The van der Waals surface area contributed by atoms with E-state index >= 15 is 0 Å². The Morgan fingerprint density at radius 2 is 1.60 bits per heavy atom. The minimum absolute atomic E-state index is 0.166. The van der Waals surface area contributed by atoms with E-state index in [1.165, 1.54) is 18.2 Å². The second kappa shape index (κ2) is 8.61. The van der Waals surface area contributed by atoms with Crippen LogP contribution in [0.15, 0.2) is 60.7 Å². The fourth-order valence-electron chi connectivity index (χ4n) is 3.51. The van der Waals surface area contributed by atoms with Gasteiger partial charge in [-0.3, -0.25) is 0 Å². The van der Waals surface area contributed by atoms with E-state index in [0.717, 1.165) is 31.2 Å². The highest BCUT2D eigenvalue weighted by atomic mass is 19.4. The molecule has 0 aliphatic heterocycles. The number of halogens is 3. The summed E-state index contributed by atoms with van der Waals surface area (Å²) in [5, 5.41) is 6.31. The second-order valence-electron chi connectivity index (χ2n) is 7.12. The lowest BCUT2D eigenvalue weighted by atomic mass is 10.1. The van der Waals surface area contributed by atoms with Crippen molar-refractivity contribution in [2.45, 2.75) is 38.1 Å². The van der Waals surface area contributed by atoms with Crippen molar-refractivity contribution in [3.8, 4) is 17.0 Å². The molecule has 156 valence electrons. The number of rotatable bonds is 6. The molecule has 1 saturated carbocycles. The minimum Gasteiger partial charge on any atom is -0.404 e. The van der Waals surface area contributed by atoms with Gasteiger partial charge in [0.15, 0.2) is 5.75 Å². The zero-order chi connectivity index (χ0) is 21.0. The van der Waals surface area contributed by atoms with E-state index in [-0.39, 0.29) is 11.4 Å². The molecule has 0 radical (unpaired) electrons. The van der Waals surface area contributed by atoms with Crippen LogP contribution in [0.2, 0.25) is 0 Å². The van der Waals surface area contributed by atoms with Gasteiger partial charge in [0.2, 0.25) is 5.95 Å². The van der Waals surface area contributed by atoms with Gasteiger partial charge in [0.05, 0.1) is 11.4 Å². The van der Waals surface area contributed by atoms with E-state index in [9.17, 15) is 13.2 Å². The monoisotopic (exact) mass is 414 g/mol. The van der Waals surface area contributed by atoms with Gasteiger partial charge in [-0.25, -0.2) is 4.98 Å². The summed E-state index contributed by atoms with van der Waals surface area (Å²) < 4.78 is 42.4. The Morgan fingerprint density at radius 1 is 0.900 bits per heavy atom. The molecule has 0 unspecified atom stereocenters. The summed E-state index contributed by atoms with van der Waals surface area (Å²) >= 11 is 0. The topological polar surface area (TPSA) is 59.1 Å². The molecule has 1 aliphatic carbocycles. The minimum atomic E-state index is -4.78. The summed E-state index contributed by atoms with van der Waals surface area (Å²) in [7, 11) is 0. The molecule has 5 nitrogen and oxygen atoms in total. The van der Waals surface area contributed by atoms with Gasteiger partial charge in [0.25, 0.3) is 0 Å². The van der Waals surface area contributed by atoms with Gasteiger partial charge in [0.1, 0.15) is 5.82 Å². The van der Waals surface area contributed by atoms with Crippen LogP contribution in [0.5, 0.6) is 5.75 Å². The lowest BCUT2D eigenvalue weighted by Gasteiger charge is -2.17. The predicted molar refractivity (Wildman–Crippen MR) is 110 cm³/mol. The lowest BCUT2D eigenvalue weighted by molar-refractivity contribution is -0.274. The Kier molecular flexibility index (Phi) is 5.74. The number of nitrogens with one attached hydrogen (secondary N) is 2. The normalized spacial score (nSPS) is 14.5. The molecule has 8 heteroatoms. The zero-order valence-corrected chi connectivity index (χ0v) is 16.1. The molecule has 1 fully saturated rings. The van der Waals surface area contributed by atoms with Gasteiger partial charge >= 0.3 is 6.36 Å². The number of anilines is 3. The number of nitrogens with zero attached hydrogens (tertiary/aromatic N) is 2. The molecule has 2 N–H and O–H groups in total. The summed E-state index contributed by atoms with van der Waals surface area (Å²) in [5.41, 5.74) is 1.72. The number of alkyl halides is 3. The molecule has 0 atom stereocenters. The molecule has 0 amide bonds. The van der Waals surface area contributed by atoms with Gasteiger partial charge in [-0.15, -0.1) is 13.2 Å². The Balaban J connectivity index is 1.67. The number of ether oxygens (including phenoxy) is 1. The van der Waals surface area contributed by atoms with E-state index in [0.29, 0.717) is 23.5 Å². The maximum absolute atomic E-state index is 12.8. The van der Waals surface area contributed by atoms with E-state index < -0.39 is 6.36 Å². The maximum Gasteiger partial charge on any atom is 0.573 e. The molecule has 1 heterocycles. The third-order valence-corrected chi connectivity index (χ3v) is 4.86. The number of para-hydroxylation sites is 2. The molecule has 30 heavy (non-hydrogen) atoms. The summed E-state index contributed by atoms with van der Waals surface area (Å²) in [6, 6.07) is 17.4. The van der Waals surface area contributed by atoms with Crippen molar-refractivity contribution in [1.29, 1.82) is 0 Å². The molecule has 1 aromatic heterocycles. The second-order valence-corrected chi connectivity index (χ2v) is 7.12. The highest BCUT2D eigenvalue weighted by molar-refractivity contribution is 5.70. The molecule has 3 aromatic rings. The van der Waals surface area contributed by atoms with Gasteiger partial charge < -0.3 is 15.4 Å². The third-order valence-electron chi connectivity index (χ3n) is 4.86. The number of hydrogen-bond donors (Lipinski definition) is 2. The smallest absolute Gasteiger partial charge is 0.404 e. The van der Waals surface area contributed by atoms with Crippen LogP contribution >= 0.6 is 0 Å². The SMILES string of the molecule is FC(F)(F)Oc1ccccc1Nc1cc(-c2ccccc2)nc(NC2CCCC2)n1. The number of hydrogen-bond acceptors (Lipinski definition) is 5. The molecule has 0 bridgehead atoms. The van der Waals surface area contributed by atoms with Crippen LogP contribution in [0.25, 0.3) is 11.3 Å². The van der Waals surface area contributed by atoms with Crippen molar-refractivity contribution in [2.24, 2.45) is 0 Å². The van der Waals surface area contributed by atoms with Crippen LogP contribution in [0, 0.1) is 0 Å². The van der Waals surface area contributed by atoms with Crippen LogP contribution in [-0.2, 0) is 0 Å². The molecule has 0 saturated heterocycles. The third kappa shape index (κ3) is 5.20. The van der Waals surface area contributed by atoms with Gasteiger partial charge in [-0.05, 0) is 25.0 Å². The van der Waals surface area contributed by atoms with Gasteiger partial charge in [-0.1, -0.05) is 55.3 Å². The Labute approximate surface area is 172 Å². The van der Waals surface area contributed by atoms with E-state index in [2.05, 4.69) is 25.3 Å². The Hall–Kier alpha value is -3.29. The summed E-state index contributed by atoms with van der Waals surface area (Å²) in [4.78, 5) is 9.10. The van der Waals surface area contributed by atoms with Crippen LogP contribution in [0.1, 0.15) is 25.7 Å². The molecular formula is C22H21F3N4O. The van der Waals surface area contributed by atoms with Crippen LogP contribution < -0.4 is 15.4 Å². The number of aromatic nitrogens is 2. The largest absolute Gasteiger partial charge is 0.573 e. The first-order valence-corrected chi connectivity index (χ1v) is 9.79. The van der Waals surface area contributed by atoms with Crippen molar-refractivity contribution in [2.75, 3.05) is 10.6 Å². The first kappa shape index (κ1) is 20.0. The quantitative estimate of drug-likeness (QED) is 0.507. The number of benzene rings is 2. The zero-order valence-electron chi connectivity index (χ0n) is 16.1. The first-order valence-electron chi connectivity index (χ1n) is 9.79. The maximum atomic E-state index is 12.8. The standard InChI is InChI=1S/C22H21F3N4O/c23-22(24,25)30-19-13-7-6-12-17(19)27-20-14-18(15-8-2-1-3-9-15)28-21(29-20)26-16-10-4-5-11-16/h1-3,6-9,12-14,16H,4-5,10-11H2,(H2,26,27,28,29). The van der Waals surface area contributed by atoms with Gasteiger partial charge in [0, 0.05) is 17.7 Å². The van der Waals surface area contributed by atoms with Crippen molar-refractivity contribution < 1.29 is 17.9 Å².